The maximum Gasteiger partial charge on any atom is 0.283 e. The van der Waals surface area contributed by atoms with Crippen molar-refractivity contribution in [1.29, 1.82) is 0 Å². The van der Waals surface area contributed by atoms with Crippen molar-refractivity contribution in [3.63, 3.8) is 0 Å². The molecule has 1 aromatic carbocycles. The van der Waals surface area contributed by atoms with E-state index in [0.717, 1.165) is 4.47 Å². The number of fused-ring (bicyclic) bond motifs is 1. The fourth-order valence-corrected chi connectivity index (χ4v) is 3.13. The van der Waals surface area contributed by atoms with Crippen molar-refractivity contribution < 1.29 is 8.42 Å². The van der Waals surface area contributed by atoms with Gasteiger partial charge in [-0.1, -0.05) is 22.0 Å². The SMILES string of the molecule is CC1=NS(=O)(=O)c2cc(Br)ccc21. The number of rotatable bonds is 0. The number of hydrogen-bond donors (Lipinski definition) is 0. The average Bonchev–Trinajstić information content (AvgIpc) is 2.23. The summed E-state index contributed by atoms with van der Waals surface area (Å²) in [5.74, 6) is 0. The van der Waals surface area contributed by atoms with Crippen LogP contribution in [0.5, 0.6) is 0 Å². The third kappa shape index (κ3) is 1.32. The van der Waals surface area contributed by atoms with Gasteiger partial charge in [0.05, 0.1) is 10.6 Å². The first-order valence-corrected chi connectivity index (χ1v) is 5.85. The first-order valence-electron chi connectivity index (χ1n) is 3.62. The van der Waals surface area contributed by atoms with Crippen LogP contribution in [0.15, 0.2) is 32.0 Å². The molecule has 0 bridgehead atoms. The second kappa shape index (κ2) is 2.65. The predicted octanol–water partition coefficient (Wildman–Crippen LogP) is 1.96. The average molecular weight is 260 g/mol. The van der Waals surface area contributed by atoms with Gasteiger partial charge in [0.15, 0.2) is 0 Å². The summed E-state index contributed by atoms with van der Waals surface area (Å²) >= 11 is 3.22. The normalized spacial score (nSPS) is 18.2. The van der Waals surface area contributed by atoms with Crippen molar-refractivity contribution in [3.05, 3.63) is 28.2 Å². The van der Waals surface area contributed by atoms with Crippen LogP contribution in [0.1, 0.15) is 12.5 Å². The molecule has 3 nitrogen and oxygen atoms in total. The van der Waals surface area contributed by atoms with E-state index in [1.165, 1.54) is 0 Å². The lowest BCUT2D eigenvalue weighted by Crippen LogP contribution is -1.93. The lowest BCUT2D eigenvalue weighted by Gasteiger charge is -1.97. The van der Waals surface area contributed by atoms with Crippen LogP contribution in [0.4, 0.5) is 0 Å². The monoisotopic (exact) mass is 259 g/mol. The van der Waals surface area contributed by atoms with E-state index in [4.69, 9.17) is 0 Å². The molecule has 1 aromatic rings. The third-order valence-electron chi connectivity index (χ3n) is 1.87. The lowest BCUT2D eigenvalue weighted by atomic mass is 10.1. The molecule has 0 N–H and O–H groups in total. The molecule has 1 heterocycles. The van der Waals surface area contributed by atoms with Gasteiger partial charge in [0.25, 0.3) is 10.0 Å². The van der Waals surface area contributed by atoms with Crippen molar-refractivity contribution in [3.8, 4) is 0 Å². The standard InChI is InChI=1S/C8H6BrNO2S/c1-5-7-3-2-6(9)4-8(7)13(11,12)10-5/h2-4H,1H3. The Kier molecular flexibility index (Phi) is 1.82. The minimum absolute atomic E-state index is 0.291. The molecule has 0 atom stereocenters. The molecule has 5 heteroatoms. The Balaban J connectivity index is 2.83. The van der Waals surface area contributed by atoms with Crippen LogP contribution in [-0.4, -0.2) is 14.1 Å². The quantitative estimate of drug-likeness (QED) is 0.715. The Hall–Kier alpha value is -0.680. The molecule has 13 heavy (non-hydrogen) atoms. The highest BCUT2D eigenvalue weighted by molar-refractivity contribution is 9.10. The van der Waals surface area contributed by atoms with Crippen molar-refractivity contribution >= 4 is 31.7 Å². The second-order valence-corrected chi connectivity index (χ2v) is 5.28. The fourth-order valence-electron chi connectivity index (χ4n) is 1.29. The van der Waals surface area contributed by atoms with E-state index in [1.54, 1.807) is 25.1 Å². The number of sulfonamides is 1. The Morgan fingerprint density at radius 2 is 2.08 bits per heavy atom. The topological polar surface area (TPSA) is 46.5 Å². The highest BCUT2D eigenvalue weighted by Gasteiger charge is 2.26. The lowest BCUT2D eigenvalue weighted by molar-refractivity contribution is 0.599. The van der Waals surface area contributed by atoms with E-state index in [1.807, 2.05) is 0 Å². The van der Waals surface area contributed by atoms with E-state index in [2.05, 4.69) is 20.3 Å². The van der Waals surface area contributed by atoms with Gasteiger partial charge in [0.2, 0.25) is 0 Å². The fraction of sp³-hybridized carbons (Fsp3) is 0.125. The van der Waals surface area contributed by atoms with E-state index in [9.17, 15) is 8.42 Å². The van der Waals surface area contributed by atoms with Crippen molar-refractivity contribution in [2.24, 2.45) is 4.40 Å². The third-order valence-corrected chi connectivity index (χ3v) is 3.77. The van der Waals surface area contributed by atoms with Crippen LogP contribution < -0.4 is 0 Å². The molecule has 0 saturated carbocycles. The summed E-state index contributed by atoms with van der Waals surface area (Å²) in [6.07, 6.45) is 0. The molecular formula is C8H6BrNO2S. The molecule has 0 aliphatic carbocycles. The molecule has 68 valence electrons. The summed E-state index contributed by atoms with van der Waals surface area (Å²) in [6.45, 7) is 1.69. The highest BCUT2D eigenvalue weighted by Crippen LogP contribution is 2.28. The van der Waals surface area contributed by atoms with Crippen molar-refractivity contribution in [2.45, 2.75) is 11.8 Å². The van der Waals surface area contributed by atoms with Gasteiger partial charge >= 0.3 is 0 Å². The zero-order valence-electron chi connectivity index (χ0n) is 6.78. The van der Waals surface area contributed by atoms with Crippen LogP contribution in [0.3, 0.4) is 0 Å². The summed E-state index contributed by atoms with van der Waals surface area (Å²) < 4.78 is 27.2. The van der Waals surface area contributed by atoms with E-state index >= 15 is 0 Å². The molecule has 1 aliphatic rings. The van der Waals surface area contributed by atoms with E-state index in [0.29, 0.717) is 16.2 Å². The van der Waals surface area contributed by atoms with Crippen molar-refractivity contribution in [1.82, 2.24) is 0 Å². The van der Waals surface area contributed by atoms with Crippen LogP contribution in [0.25, 0.3) is 0 Å². The Bertz CT molecular complexity index is 505. The van der Waals surface area contributed by atoms with Crippen LogP contribution in [-0.2, 0) is 10.0 Å². The second-order valence-electron chi connectivity index (χ2n) is 2.79. The first kappa shape index (κ1) is 8.90. The van der Waals surface area contributed by atoms with E-state index < -0.39 is 10.0 Å². The largest absolute Gasteiger partial charge is 0.283 e. The molecule has 0 unspecified atom stereocenters. The van der Waals surface area contributed by atoms with E-state index in [-0.39, 0.29) is 0 Å². The van der Waals surface area contributed by atoms with Crippen LogP contribution in [0, 0.1) is 0 Å². The number of halogens is 1. The Morgan fingerprint density at radius 3 is 2.77 bits per heavy atom. The molecular weight excluding hydrogens is 254 g/mol. The van der Waals surface area contributed by atoms with Gasteiger partial charge in [-0.3, -0.25) is 0 Å². The van der Waals surface area contributed by atoms with Gasteiger partial charge in [0, 0.05) is 10.0 Å². The van der Waals surface area contributed by atoms with Gasteiger partial charge in [0.1, 0.15) is 0 Å². The van der Waals surface area contributed by atoms with Gasteiger partial charge in [-0.25, -0.2) is 0 Å². The molecule has 0 saturated heterocycles. The van der Waals surface area contributed by atoms with Gasteiger partial charge in [-0.2, -0.15) is 12.8 Å². The Labute approximate surface area is 84.7 Å². The minimum atomic E-state index is -3.42. The first-order chi connectivity index (χ1) is 6.00. The summed E-state index contributed by atoms with van der Waals surface area (Å²) in [6, 6.07) is 5.13. The molecule has 2 rings (SSSR count). The maximum absolute atomic E-state index is 11.4. The van der Waals surface area contributed by atoms with Gasteiger partial charge in [-0.05, 0) is 19.1 Å². The molecule has 0 spiro atoms. The molecule has 0 radical (unpaired) electrons. The predicted molar refractivity (Wildman–Crippen MR) is 53.5 cm³/mol. The van der Waals surface area contributed by atoms with Crippen LogP contribution in [0.2, 0.25) is 0 Å². The Morgan fingerprint density at radius 1 is 1.38 bits per heavy atom. The molecule has 0 amide bonds. The van der Waals surface area contributed by atoms with Gasteiger partial charge in [-0.15, -0.1) is 0 Å². The number of benzene rings is 1. The molecule has 0 fully saturated rings. The summed E-state index contributed by atoms with van der Waals surface area (Å²) in [7, 11) is -3.42. The number of nitrogens with zero attached hydrogens (tertiary/aromatic N) is 1. The highest BCUT2D eigenvalue weighted by atomic mass is 79.9. The van der Waals surface area contributed by atoms with Gasteiger partial charge < -0.3 is 0 Å². The van der Waals surface area contributed by atoms with Crippen LogP contribution >= 0.6 is 15.9 Å². The molecule has 1 aliphatic heterocycles. The zero-order chi connectivity index (χ0) is 9.64. The van der Waals surface area contributed by atoms with Crippen molar-refractivity contribution in [2.75, 3.05) is 0 Å². The maximum atomic E-state index is 11.4. The summed E-state index contributed by atoms with van der Waals surface area (Å²) in [4.78, 5) is 0.291. The number of hydrogen-bond acceptors (Lipinski definition) is 2. The zero-order valence-corrected chi connectivity index (χ0v) is 9.18. The summed E-state index contributed by atoms with van der Waals surface area (Å²) in [5.41, 5.74) is 1.26. The molecule has 0 aromatic heterocycles. The smallest absolute Gasteiger partial charge is 0.199 e. The minimum Gasteiger partial charge on any atom is -0.199 e. The summed E-state index contributed by atoms with van der Waals surface area (Å²) in [5, 5.41) is 0.